The van der Waals surface area contributed by atoms with Crippen LogP contribution in [0.25, 0.3) is 45.1 Å². The van der Waals surface area contributed by atoms with Gasteiger partial charge in [-0.05, 0) is 30.3 Å². The highest BCUT2D eigenvalue weighted by Gasteiger charge is 2.16. The van der Waals surface area contributed by atoms with Crippen LogP contribution < -0.4 is 4.74 Å². The number of aromatic amines is 1. The molecule has 0 fully saturated rings. The van der Waals surface area contributed by atoms with Gasteiger partial charge in [-0.25, -0.2) is 19.2 Å². The molecular formula is C22H16N8O. The number of nitrogens with one attached hydrogen (secondary N) is 1. The molecule has 0 atom stereocenters. The largest absolute Gasteiger partial charge is 0.497 e. The fraction of sp³-hybridized carbons (Fsp3) is 0.0455. The normalized spacial score (nSPS) is 11.4. The van der Waals surface area contributed by atoms with Crippen molar-refractivity contribution in [3.05, 3.63) is 73.2 Å². The van der Waals surface area contributed by atoms with Gasteiger partial charge in [-0.15, -0.1) is 5.10 Å². The summed E-state index contributed by atoms with van der Waals surface area (Å²) in [5.41, 5.74) is 4.78. The molecule has 6 aromatic rings. The van der Waals surface area contributed by atoms with Gasteiger partial charge in [0.25, 0.3) is 0 Å². The number of fused-ring (bicyclic) bond motifs is 3. The lowest BCUT2D eigenvalue weighted by Gasteiger charge is -2.01. The van der Waals surface area contributed by atoms with E-state index in [-0.39, 0.29) is 0 Å². The monoisotopic (exact) mass is 408 g/mol. The van der Waals surface area contributed by atoms with Crippen molar-refractivity contribution in [2.45, 2.75) is 0 Å². The molecule has 0 saturated heterocycles. The maximum atomic E-state index is 5.30. The molecule has 1 N–H and O–H groups in total. The Hall–Kier alpha value is -4.53. The van der Waals surface area contributed by atoms with Crippen molar-refractivity contribution < 1.29 is 4.74 Å². The number of aromatic nitrogens is 8. The molecule has 0 bridgehead atoms. The van der Waals surface area contributed by atoms with E-state index in [0.717, 1.165) is 33.7 Å². The van der Waals surface area contributed by atoms with E-state index in [1.807, 2.05) is 60.7 Å². The maximum Gasteiger partial charge on any atom is 0.200 e. The van der Waals surface area contributed by atoms with E-state index in [4.69, 9.17) is 9.72 Å². The van der Waals surface area contributed by atoms with Crippen molar-refractivity contribution in [2.75, 3.05) is 7.11 Å². The van der Waals surface area contributed by atoms with Crippen molar-refractivity contribution >= 4 is 16.7 Å². The summed E-state index contributed by atoms with van der Waals surface area (Å²) in [6, 6.07) is 19.5. The van der Waals surface area contributed by atoms with Crippen LogP contribution in [0.3, 0.4) is 0 Å². The van der Waals surface area contributed by atoms with E-state index in [9.17, 15) is 0 Å². The highest BCUT2D eigenvalue weighted by Crippen LogP contribution is 2.26. The highest BCUT2D eigenvalue weighted by molar-refractivity contribution is 5.90. The predicted molar refractivity (Wildman–Crippen MR) is 115 cm³/mol. The molecular weight excluding hydrogens is 392 g/mol. The van der Waals surface area contributed by atoms with Crippen LogP contribution >= 0.6 is 0 Å². The van der Waals surface area contributed by atoms with Crippen LogP contribution in [0.15, 0.2) is 73.2 Å². The van der Waals surface area contributed by atoms with E-state index in [1.165, 1.54) is 0 Å². The lowest BCUT2D eigenvalue weighted by atomic mass is 10.1. The van der Waals surface area contributed by atoms with E-state index in [1.54, 1.807) is 28.8 Å². The molecule has 2 aromatic carbocycles. The van der Waals surface area contributed by atoms with Crippen LogP contribution in [-0.2, 0) is 0 Å². The molecule has 0 saturated carbocycles. The van der Waals surface area contributed by atoms with Crippen molar-refractivity contribution in [2.24, 2.45) is 0 Å². The molecule has 0 amide bonds. The number of rotatable bonds is 4. The zero-order chi connectivity index (χ0) is 20.8. The van der Waals surface area contributed by atoms with Gasteiger partial charge in [0.1, 0.15) is 17.8 Å². The number of ether oxygens (including phenoxy) is 1. The van der Waals surface area contributed by atoms with Crippen LogP contribution in [-0.4, -0.2) is 46.7 Å². The summed E-state index contributed by atoms with van der Waals surface area (Å²) >= 11 is 0. The standard InChI is InChI=1S/C22H16N8O/c1-31-16-9-5-6-14(10-16)18-11-19(27-26-18)20-25-22-17-12-24-30(15-7-3-2-4-8-15)21(17)23-13-29(22)28-20/h2-13H,1H3,(H,26,27). The zero-order valence-electron chi connectivity index (χ0n) is 16.5. The quantitative estimate of drug-likeness (QED) is 0.479. The van der Waals surface area contributed by atoms with E-state index < -0.39 is 0 Å². The smallest absolute Gasteiger partial charge is 0.200 e. The molecule has 0 radical (unpaired) electrons. The average Bonchev–Trinajstić information content (AvgIpc) is 3.56. The van der Waals surface area contributed by atoms with Crippen LogP contribution in [0.1, 0.15) is 0 Å². The summed E-state index contributed by atoms with van der Waals surface area (Å²) in [5, 5.41) is 17.3. The number of benzene rings is 2. The summed E-state index contributed by atoms with van der Waals surface area (Å²) in [5.74, 6) is 1.31. The second-order valence-corrected chi connectivity index (χ2v) is 6.98. The minimum Gasteiger partial charge on any atom is -0.497 e. The number of para-hydroxylation sites is 1. The van der Waals surface area contributed by atoms with E-state index in [2.05, 4.69) is 25.4 Å². The van der Waals surface area contributed by atoms with Gasteiger partial charge in [0.2, 0.25) is 0 Å². The Labute approximate surface area is 176 Å². The molecule has 9 heteroatoms. The zero-order valence-corrected chi connectivity index (χ0v) is 16.5. The first-order chi connectivity index (χ1) is 15.3. The first-order valence-electron chi connectivity index (χ1n) is 9.65. The first kappa shape index (κ1) is 17.3. The van der Waals surface area contributed by atoms with Gasteiger partial charge in [-0.3, -0.25) is 5.10 Å². The van der Waals surface area contributed by atoms with E-state index >= 15 is 0 Å². The maximum absolute atomic E-state index is 5.30. The van der Waals surface area contributed by atoms with Gasteiger partial charge in [-0.1, -0.05) is 30.3 Å². The molecule has 0 spiro atoms. The number of H-pyrrole nitrogens is 1. The Morgan fingerprint density at radius 1 is 0.968 bits per heavy atom. The van der Waals surface area contributed by atoms with Gasteiger partial charge in [0.05, 0.1) is 30.1 Å². The summed E-state index contributed by atoms with van der Waals surface area (Å²) in [6.07, 6.45) is 3.41. The Kier molecular flexibility index (Phi) is 3.79. The van der Waals surface area contributed by atoms with Crippen molar-refractivity contribution in [3.63, 3.8) is 0 Å². The molecule has 31 heavy (non-hydrogen) atoms. The Morgan fingerprint density at radius 2 is 1.87 bits per heavy atom. The Balaban J connectivity index is 1.43. The molecule has 4 heterocycles. The van der Waals surface area contributed by atoms with Crippen LogP contribution in [0.4, 0.5) is 0 Å². The predicted octanol–water partition coefficient (Wildman–Crippen LogP) is 3.53. The second-order valence-electron chi connectivity index (χ2n) is 6.98. The van der Waals surface area contributed by atoms with Crippen molar-refractivity contribution in [1.29, 1.82) is 0 Å². The van der Waals surface area contributed by atoms with Gasteiger partial charge in [-0.2, -0.15) is 10.2 Å². The van der Waals surface area contributed by atoms with Crippen molar-refractivity contribution in [1.82, 2.24) is 39.6 Å². The minimum atomic E-state index is 0.531. The summed E-state index contributed by atoms with van der Waals surface area (Å²) in [6.45, 7) is 0. The van der Waals surface area contributed by atoms with Gasteiger partial charge < -0.3 is 4.74 Å². The molecule has 150 valence electrons. The third-order valence-electron chi connectivity index (χ3n) is 5.09. The van der Waals surface area contributed by atoms with Crippen LogP contribution in [0.5, 0.6) is 5.75 Å². The number of methoxy groups -OCH3 is 1. The summed E-state index contributed by atoms with van der Waals surface area (Å²) in [7, 11) is 1.64. The highest BCUT2D eigenvalue weighted by atomic mass is 16.5. The average molecular weight is 408 g/mol. The van der Waals surface area contributed by atoms with Gasteiger partial charge in [0.15, 0.2) is 17.1 Å². The molecule has 0 unspecified atom stereocenters. The molecule has 6 rings (SSSR count). The molecule has 0 aliphatic carbocycles. The minimum absolute atomic E-state index is 0.531. The topological polar surface area (TPSA) is 98.8 Å². The van der Waals surface area contributed by atoms with E-state index in [0.29, 0.717) is 17.2 Å². The Bertz CT molecular complexity index is 1530. The fourth-order valence-electron chi connectivity index (χ4n) is 3.56. The first-order valence-corrected chi connectivity index (χ1v) is 9.65. The van der Waals surface area contributed by atoms with Crippen LogP contribution in [0, 0.1) is 0 Å². The molecule has 4 aromatic heterocycles. The number of hydrogen-bond acceptors (Lipinski definition) is 6. The Morgan fingerprint density at radius 3 is 2.74 bits per heavy atom. The fourth-order valence-corrected chi connectivity index (χ4v) is 3.56. The lowest BCUT2D eigenvalue weighted by molar-refractivity contribution is 0.415. The molecule has 0 aliphatic heterocycles. The number of nitrogens with zero attached hydrogens (tertiary/aromatic N) is 7. The van der Waals surface area contributed by atoms with Crippen molar-refractivity contribution in [3.8, 4) is 34.2 Å². The molecule has 0 aliphatic rings. The van der Waals surface area contributed by atoms with Crippen LogP contribution in [0.2, 0.25) is 0 Å². The second kappa shape index (κ2) is 6.77. The SMILES string of the molecule is COc1cccc(-c2cc(-c3nc4c5cnn(-c6ccccc6)c5ncn4n3)[nH]n2)c1. The third-order valence-corrected chi connectivity index (χ3v) is 5.09. The van der Waals surface area contributed by atoms with Gasteiger partial charge in [0, 0.05) is 5.56 Å². The third kappa shape index (κ3) is 2.83. The number of hydrogen-bond donors (Lipinski definition) is 1. The summed E-state index contributed by atoms with van der Waals surface area (Å²) in [4.78, 5) is 9.27. The lowest BCUT2D eigenvalue weighted by Crippen LogP contribution is -1.98. The molecule has 9 nitrogen and oxygen atoms in total. The van der Waals surface area contributed by atoms with Gasteiger partial charge >= 0.3 is 0 Å². The summed E-state index contributed by atoms with van der Waals surface area (Å²) < 4.78 is 8.75.